The number of fused-ring (bicyclic) bond motifs is 2. The first kappa shape index (κ1) is 15.9. The Morgan fingerprint density at radius 3 is 2.57 bits per heavy atom. The van der Waals surface area contributed by atoms with Crippen LogP contribution in [0.15, 0.2) is 47.5 Å². The van der Waals surface area contributed by atoms with E-state index in [-0.39, 0.29) is 0 Å². The summed E-state index contributed by atoms with van der Waals surface area (Å²) in [6, 6.07) is 15.4. The Bertz CT molecular complexity index is 714. The van der Waals surface area contributed by atoms with Crippen LogP contribution in [-0.2, 0) is 12.8 Å². The third kappa shape index (κ3) is 3.53. The molecule has 1 aliphatic carbocycles. The van der Waals surface area contributed by atoms with Gasteiger partial charge in [-0.15, -0.1) is 0 Å². The summed E-state index contributed by atoms with van der Waals surface area (Å²) in [6.07, 6.45) is 3.31. The fourth-order valence-corrected chi connectivity index (χ4v) is 3.38. The highest BCUT2D eigenvalue weighted by Gasteiger charge is 2.19. The maximum Gasteiger partial charge on any atom is 0.0724 e. The third-order valence-electron chi connectivity index (χ3n) is 4.62. The molecule has 2 nitrogen and oxygen atoms in total. The first-order valence-electron chi connectivity index (χ1n) is 8.53. The molecule has 1 aliphatic rings. The van der Waals surface area contributed by atoms with Crippen LogP contribution in [0.1, 0.15) is 34.2 Å². The summed E-state index contributed by atoms with van der Waals surface area (Å²) in [5, 5.41) is 0. The number of aliphatic imine (C=N–C) groups is 1. The molecule has 0 spiro atoms. The van der Waals surface area contributed by atoms with Crippen LogP contribution in [0.2, 0.25) is 0 Å². The fraction of sp³-hybridized carbons (Fsp3) is 0.381. The minimum atomic E-state index is 0.884. The highest BCUT2D eigenvalue weighted by molar-refractivity contribution is 6.15. The quantitative estimate of drug-likeness (QED) is 0.783. The summed E-state index contributed by atoms with van der Waals surface area (Å²) in [5.41, 5.74) is 8.12. The molecule has 3 rings (SSSR count). The largest absolute Gasteiger partial charge is 0.309 e. The first-order valence-corrected chi connectivity index (χ1v) is 8.53. The Morgan fingerprint density at radius 2 is 1.74 bits per heavy atom. The molecule has 0 aromatic heterocycles. The van der Waals surface area contributed by atoms with Crippen molar-refractivity contribution in [2.24, 2.45) is 4.99 Å². The van der Waals surface area contributed by atoms with E-state index in [2.05, 4.69) is 68.4 Å². The number of benzene rings is 2. The van der Waals surface area contributed by atoms with Gasteiger partial charge in [0.25, 0.3) is 0 Å². The van der Waals surface area contributed by atoms with E-state index >= 15 is 0 Å². The second kappa shape index (κ2) is 7.10. The van der Waals surface area contributed by atoms with Crippen LogP contribution in [-0.4, -0.2) is 37.8 Å². The molecular formula is C21H26N2. The van der Waals surface area contributed by atoms with Gasteiger partial charge in [0, 0.05) is 17.7 Å². The SMILES string of the molecule is Cc1cccc2c1CCc1ccccc1C2=NCCCN(C)C. The van der Waals surface area contributed by atoms with Gasteiger partial charge in [-0.05, 0) is 63.5 Å². The molecule has 120 valence electrons. The number of aryl methyl sites for hydroxylation is 2. The number of hydrogen-bond donors (Lipinski definition) is 0. The summed E-state index contributed by atoms with van der Waals surface area (Å²) < 4.78 is 0. The van der Waals surface area contributed by atoms with Gasteiger partial charge < -0.3 is 4.90 Å². The lowest BCUT2D eigenvalue weighted by molar-refractivity contribution is 0.403. The molecule has 0 fully saturated rings. The van der Waals surface area contributed by atoms with Gasteiger partial charge in [0.05, 0.1) is 5.71 Å². The molecular weight excluding hydrogens is 280 g/mol. The van der Waals surface area contributed by atoms with Crippen molar-refractivity contribution in [3.63, 3.8) is 0 Å². The summed E-state index contributed by atoms with van der Waals surface area (Å²) in [7, 11) is 4.24. The molecule has 0 N–H and O–H groups in total. The zero-order valence-electron chi connectivity index (χ0n) is 14.5. The van der Waals surface area contributed by atoms with Gasteiger partial charge in [0.1, 0.15) is 0 Å². The van der Waals surface area contributed by atoms with E-state index in [9.17, 15) is 0 Å². The summed E-state index contributed by atoms with van der Waals surface area (Å²) in [4.78, 5) is 7.25. The van der Waals surface area contributed by atoms with Crippen LogP contribution >= 0.6 is 0 Å². The number of rotatable bonds is 4. The van der Waals surface area contributed by atoms with Crippen molar-refractivity contribution in [3.05, 3.63) is 70.3 Å². The zero-order chi connectivity index (χ0) is 16.2. The summed E-state index contributed by atoms with van der Waals surface area (Å²) in [5.74, 6) is 0. The van der Waals surface area contributed by atoms with E-state index in [4.69, 9.17) is 4.99 Å². The van der Waals surface area contributed by atoms with Gasteiger partial charge in [0.2, 0.25) is 0 Å². The van der Waals surface area contributed by atoms with E-state index in [0.717, 1.165) is 32.4 Å². The first-order chi connectivity index (χ1) is 11.2. The van der Waals surface area contributed by atoms with Crippen molar-refractivity contribution < 1.29 is 0 Å². The van der Waals surface area contributed by atoms with Gasteiger partial charge in [0.15, 0.2) is 0 Å². The zero-order valence-corrected chi connectivity index (χ0v) is 14.5. The predicted molar refractivity (Wildman–Crippen MR) is 98.7 cm³/mol. The predicted octanol–water partition coefficient (Wildman–Crippen LogP) is 3.88. The van der Waals surface area contributed by atoms with Gasteiger partial charge in [-0.25, -0.2) is 0 Å². The van der Waals surface area contributed by atoms with Crippen LogP contribution in [0.3, 0.4) is 0 Å². The molecule has 0 bridgehead atoms. The van der Waals surface area contributed by atoms with E-state index in [0.29, 0.717) is 0 Å². The fourth-order valence-electron chi connectivity index (χ4n) is 3.38. The average molecular weight is 306 g/mol. The van der Waals surface area contributed by atoms with E-state index < -0.39 is 0 Å². The molecule has 2 aromatic rings. The number of hydrogen-bond acceptors (Lipinski definition) is 2. The van der Waals surface area contributed by atoms with Crippen LogP contribution in [0.5, 0.6) is 0 Å². The Hall–Kier alpha value is -1.93. The van der Waals surface area contributed by atoms with Gasteiger partial charge in [-0.1, -0.05) is 42.5 Å². The van der Waals surface area contributed by atoms with Crippen molar-refractivity contribution in [2.45, 2.75) is 26.2 Å². The van der Waals surface area contributed by atoms with Gasteiger partial charge in [-0.2, -0.15) is 0 Å². The second-order valence-electron chi connectivity index (χ2n) is 6.65. The van der Waals surface area contributed by atoms with Crippen molar-refractivity contribution in [1.82, 2.24) is 4.90 Å². The molecule has 0 atom stereocenters. The molecule has 0 aliphatic heterocycles. The van der Waals surface area contributed by atoms with Crippen LogP contribution in [0.4, 0.5) is 0 Å². The van der Waals surface area contributed by atoms with Crippen molar-refractivity contribution in [1.29, 1.82) is 0 Å². The molecule has 0 saturated carbocycles. The maximum absolute atomic E-state index is 5.03. The lowest BCUT2D eigenvalue weighted by atomic mass is 9.95. The molecule has 0 radical (unpaired) electrons. The summed E-state index contributed by atoms with van der Waals surface area (Å²) >= 11 is 0. The molecule has 0 unspecified atom stereocenters. The Morgan fingerprint density at radius 1 is 0.957 bits per heavy atom. The van der Waals surface area contributed by atoms with Gasteiger partial charge in [-0.3, -0.25) is 4.99 Å². The van der Waals surface area contributed by atoms with E-state index in [1.54, 1.807) is 0 Å². The van der Waals surface area contributed by atoms with Crippen LogP contribution < -0.4 is 0 Å². The molecule has 0 heterocycles. The minimum absolute atomic E-state index is 0.884. The maximum atomic E-state index is 5.03. The highest BCUT2D eigenvalue weighted by atomic mass is 15.0. The minimum Gasteiger partial charge on any atom is -0.309 e. The topological polar surface area (TPSA) is 15.6 Å². The Kier molecular flexibility index (Phi) is 4.92. The second-order valence-corrected chi connectivity index (χ2v) is 6.65. The Labute approximate surface area is 139 Å². The monoisotopic (exact) mass is 306 g/mol. The highest BCUT2D eigenvalue weighted by Crippen LogP contribution is 2.27. The standard InChI is InChI=1S/C21H26N2/c1-16-8-6-11-20-18(16)13-12-17-9-4-5-10-19(17)21(20)22-14-7-15-23(2)3/h4-6,8-11H,7,12-15H2,1-3H3. The van der Waals surface area contributed by atoms with Crippen LogP contribution in [0.25, 0.3) is 0 Å². The smallest absolute Gasteiger partial charge is 0.0724 e. The lowest BCUT2D eigenvalue weighted by Crippen LogP contribution is -2.14. The molecule has 2 aromatic carbocycles. The van der Waals surface area contributed by atoms with Gasteiger partial charge >= 0.3 is 0 Å². The van der Waals surface area contributed by atoms with Crippen molar-refractivity contribution >= 4 is 5.71 Å². The third-order valence-corrected chi connectivity index (χ3v) is 4.62. The normalized spacial score (nSPS) is 15.4. The molecule has 2 heteroatoms. The Balaban J connectivity index is 2.01. The van der Waals surface area contributed by atoms with Crippen LogP contribution in [0, 0.1) is 6.92 Å². The molecule has 0 amide bonds. The molecule has 0 saturated heterocycles. The molecule has 23 heavy (non-hydrogen) atoms. The van der Waals surface area contributed by atoms with E-state index in [1.165, 1.54) is 33.5 Å². The number of nitrogens with zero attached hydrogens (tertiary/aromatic N) is 2. The lowest BCUT2D eigenvalue weighted by Gasteiger charge is -2.13. The van der Waals surface area contributed by atoms with E-state index in [1.807, 2.05) is 0 Å². The average Bonchev–Trinajstić information content (AvgIpc) is 2.70. The van der Waals surface area contributed by atoms with Crippen molar-refractivity contribution in [2.75, 3.05) is 27.2 Å². The van der Waals surface area contributed by atoms with Crippen molar-refractivity contribution in [3.8, 4) is 0 Å². The summed E-state index contributed by atoms with van der Waals surface area (Å²) in [6.45, 7) is 4.19.